The molecule has 0 saturated heterocycles. The van der Waals surface area contributed by atoms with Crippen molar-refractivity contribution in [3.63, 3.8) is 0 Å². The lowest BCUT2D eigenvalue weighted by atomic mass is 10.2. The number of hydrazone groups is 1. The van der Waals surface area contributed by atoms with Crippen LogP contribution in [0.2, 0.25) is 10.0 Å². The molecule has 0 radical (unpaired) electrons. The second kappa shape index (κ2) is 11.8. The van der Waals surface area contributed by atoms with Gasteiger partial charge in [0.15, 0.2) is 0 Å². The number of ether oxygens (including phenoxy) is 1. The first-order valence-corrected chi connectivity index (χ1v) is 11.4. The predicted molar refractivity (Wildman–Crippen MR) is 135 cm³/mol. The fourth-order valence-electron chi connectivity index (χ4n) is 2.78. The Balaban J connectivity index is 1.49. The van der Waals surface area contributed by atoms with Gasteiger partial charge in [-0.1, -0.05) is 47.5 Å². The molecule has 6 nitrogen and oxygen atoms in total. The number of aryl methyl sites for hydroxylation is 1. The van der Waals surface area contributed by atoms with Crippen molar-refractivity contribution in [1.82, 2.24) is 5.43 Å². The average molecular weight is 549 g/mol. The van der Waals surface area contributed by atoms with Crippen molar-refractivity contribution in [1.29, 1.82) is 0 Å². The maximum Gasteiger partial charge on any atom is 0.249 e. The van der Waals surface area contributed by atoms with Crippen LogP contribution in [0.4, 0.5) is 5.69 Å². The van der Waals surface area contributed by atoms with E-state index in [0.717, 1.165) is 16.7 Å². The van der Waals surface area contributed by atoms with Gasteiger partial charge in [0.2, 0.25) is 11.8 Å². The largest absolute Gasteiger partial charge is 0.488 e. The van der Waals surface area contributed by atoms with E-state index in [9.17, 15) is 9.59 Å². The molecule has 3 aromatic carbocycles. The molecule has 0 aromatic heterocycles. The summed E-state index contributed by atoms with van der Waals surface area (Å²) in [5.41, 5.74) is 5.48. The highest BCUT2D eigenvalue weighted by molar-refractivity contribution is 9.10. The van der Waals surface area contributed by atoms with Crippen LogP contribution in [0.15, 0.2) is 70.2 Å². The van der Waals surface area contributed by atoms with Crippen LogP contribution >= 0.6 is 39.1 Å². The second-order valence-corrected chi connectivity index (χ2v) is 8.75. The number of nitrogens with one attached hydrogen (secondary N) is 2. The van der Waals surface area contributed by atoms with E-state index in [1.807, 2.05) is 31.2 Å². The standard InChI is InChI=1S/C24H20BrCl2N3O3/c1-15-4-2-3-5-21(15)29-23(31)12-24(32)30-28-13-16-6-9-22(19(25)10-16)33-14-17-7-8-18(26)11-20(17)27/h2-11,13H,12,14H2,1H3,(H,29,31)(H,30,32). The number of nitrogens with zero attached hydrogens (tertiary/aromatic N) is 1. The van der Waals surface area contributed by atoms with Crippen LogP contribution < -0.4 is 15.5 Å². The van der Waals surface area contributed by atoms with Crippen LogP contribution in [0.5, 0.6) is 5.75 Å². The van der Waals surface area contributed by atoms with Crippen LogP contribution in [0, 0.1) is 6.92 Å². The Morgan fingerprint density at radius 3 is 2.58 bits per heavy atom. The lowest BCUT2D eigenvalue weighted by molar-refractivity contribution is -0.126. The summed E-state index contributed by atoms with van der Waals surface area (Å²) in [7, 11) is 0. The first-order valence-electron chi connectivity index (χ1n) is 9.85. The quantitative estimate of drug-likeness (QED) is 0.202. The van der Waals surface area contributed by atoms with Gasteiger partial charge in [0.05, 0.1) is 10.7 Å². The maximum absolute atomic E-state index is 12.0. The van der Waals surface area contributed by atoms with Crippen LogP contribution in [-0.4, -0.2) is 18.0 Å². The fourth-order valence-corrected chi connectivity index (χ4v) is 3.75. The molecule has 9 heteroatoms. The SMILES string of the molecule is Cc1ccccc1NC(=O)CC(=O)NN=Cc1ccc(OCc2ccc(Cl)cc2Cl)c(Br)c1. The Kier molecular flexibility index (Phi) is 8.88. The molecule has 0 saturated carbocycles. The van der Waals surface area contributed by atoms with Crippen molar-refractivity contribution in [2.24, 2.45) is 5.10 Å². The molecule has 0 aliphatic carbocycles. The second-order valence-electron chi connectivity index (χ2n) is 7.05. The van der Waals surface area contributed by atoms with Gasteiger partial charge >= 0.3 is 0 Å². The van der Waals surface area contributed by atoms with Crippen molar-refractivity contribution in [2.75, 3.05) is 5.32 Å². The lowest BCUT2D eigenvalue weighted by Crippen LogP contribution is -2.24. The topological polar surface area (TPSA) is 79.8 Å². The van der Waals surface area contributed by atoms with Crippen molar-refractivity contribution in [3.8, 4) is 5.75 Å². The van der Waals surface area contributed by atoms with Gasteiger partial charge in [0.25, 0.3) is 0 Å². The van der Waals surface area contributed by atoms with E-state index < -0.39 is 11.8 Å². The Morgan fingerprint density at radius 2 is 1.85 bits per heavy atom. The first-order chi connectivity index (χ1) is 15.8. The molecule has 0 unspecified atom stereocenters. The smallest absolute Gasteiger partial charge is 0.249 e. The molecule has 0 atom stereocenters. The summed E-state index contributed by atoms with van der Waals surface area (Å²) in [6, 6.07) is 17.9. The summed E-state index contributed by atoms with van der Waals surface area (Å²) in [5.74, 6) is -0.312. The Labute approximate surface area is 210 Å². The number of rotatable bonds is 8. The van der Waals surface area contributed by atoms with Crippen molar-refractivity contribution in [2.45, 2.75) is 20.0 Å². The number of carbonyl (C=O) groups is 2. The van der Waals surface area contributed by atoms with Crippen LogP contribution in [-0.2, 0) is 16.2 Å². The number of anilines is 1. The van der Waals surface area contributed by atoms with E-state index >= 15 is 0 Å². The molecule has 170 valence electrons. The van der Waals surface area contributed by atoms with Crippen molar-refractivity contribution < 1.29 is 14.3 Å². The van der Waals surface area contributed by atoms with Gasteiger partial charge in [-0.15, -0.1) is 0 Å². The molecule has 3 rings (SSSR count). The average Bonchev–Trinajstić information content (AvgIpc) is 2.76. The highest BCUT2D eigenvalue weighted by atomic mass is 79.9. The van der Waals surface area contributed by atoms with Gasteiger partial charge in [0.1, 0.15) is 18.8 Å². The number of amides is 2. The van der Waals surface area contributed by atoms with Gasteiger partial charge in [-0.3, -0.25) is 9.59 Å². The van der Waals surface area contributed by atoms with E-state index in [-0.39, 0.29) is 13.0 Å². The molecular weight excluding hydrogens is 529 g/mol. The van der Waals surface area contributed by atoms with Crippen LogP contribution in [0.25, 0.3) is 0 Å². The molecular formula is C24H20BrCl2N3O3. The predicted octanol–water partition coefficient (Wildman–Crippen LogP) is 6.12. The molecule has 3 aromatic rings. The van der Waals surface area contributed by atoms with Gasteiger partial charge in [-0.25, -0.2) is 5.43 Å². The number of carbonyl (C=O) groups excluding carboxylic acids is 2. The third-order valence-electron chi connectivity index (χ3n) is 4.50. The zero-order valence-corrected chi connectivity index (χ0v) is 20.7. The van der Waals surface area contributed by atoms with E-state index in [1.165, 1.54) is 6.21 Å². The zero-order valence-electron chi connectivity index (χ0n) is 17.6. The highest BCUT2D eigenvalue weighted by Crippen LogP contribution is 2.28. The minimum atomic E-state index is -0.517. The minimum absolute atomic E-state index is 0.280. The minimum Gasteiger partial charge on any atom is -0.488 e. The van der Waals surface area contributed by atoms with E-state index in [0.29, 0.717) is 26.0 Å². The molecule has 2 amide bonds. The molecule has 0 fully saturated rings. The Hall–Kier alpha value is -2.87. The van der Waals surface area contributed by atoms with Crippen molar-refractivity contribution >= 4 is 62.8 Å². The molecule has 0 aliphatic rings. The van der Waals surface area contributed by atoms with E-state index in [2.05, 4.69) is 31.8 Å². The Bertz CT molecular complexity index is 1200. The third kappa shape index (κ3) is 7.60. The highest BCUT2D eigenvalue weighted by Gasteiger charge is 2.10. The third-order valence-corrected chi connectivity index (χ3v) is 5.70. The fraction of sp³-hybridized carbons (Fsp3) is 0.125. The molecule has 33 heavy (non-hydrogen) atoms. The number of benzene rings is 3. The number of para-hydroxylation sites is 1. The number of hydrogen-bond acceptors (Lipinski definition) is 4. The number of hydrogen-bond donors (Lipinski definition) is 2. The van der Waals surface area contributed by atoms with Gasteiger partial charge in [0, 0.05) is 21.3 Å². The lowest BCUT2D eigenvalue weighted by Gasteiger charge is -2.10. The summed E-state index contributed by atoms with van der Waals surface area (Å²) in [5, 5.41) is 7.71. The van der Waals surface area contributed by atoms with E-state index in [1.54, 1.807) is 36.4 Å². The van der Waals surface area contributed by atoms with E-state index in [4.69, 9.17) is 27.9 Å². The maximum atomic E-state index is 12.0. The molecule has 2 N–H and O–H groups in total. The summed E-state index contributed by atoms with van der Waals surface area (Å²) >= 11 is 15.5. The summed E-state index contributed by atoms with van der Waals surface area (Å²) < 4.78 is 6.52. The molecule has 0 heterocycles. The monoisotopic (exact) mass is 547 g/mol. The van der Waals surface area contributed by atoms with Gasteiger partial charge < -0.3 is 10.1 Å². The summed E-state index contributed by atoms with van der Waals surface area (Å²) in [6.45, 7) is 2.16. The van der Waals surface area contributed by atoms with Crippen LogP contribution in [0.3, 0.4) is 0 Å². The normalized spacial score (nSPS) is 10.8. The molecule has 0 aliphatic heterocycles. The van der Waals surface area contributed by atoms with Gasteiger partial charge in [-0.05, 0) is 70.4 Å². The zero-order chi connectivity index (χ0) is 23.8. The number of halogens is 3. The van der Waals surface area contributed by atoms with Gasteiger partial charge in [-0.2, -0.15) is 5.10 Å². The summed E-state index contributed by atoms with van der Waals surface area (Å²) in [6.07, 6.45) is 1.14. The summed E-state index contributed by atoms with van der Waals surface area (Å²) in [4.78, 5) is 24.0. The molecule has 0 bridgehead atoms. The van der Waals surface area contributed by atoms with Crippen LogP contribution in [0.1, 0.15) is 23.1 Å². The molecule has 0 spiro atoms. The first kappa shape index (κ1) is 24.8. The Morgan fingerprint density at radius 1 is 1.06 bits per heavy atom. The van der Waals surface area contributed by atoms with Crippen molar-refractivity contribution in [3.05, 3.63) is 91.9 Å².